The largest absolute Gasteiger partial charge is 0.462 e. The lowest BCUT2D eigenvalue weighted by Crippen LogP contribution is -2.55. The maximum absolute atomic E-state index is 12.1. The first-order valence-electron chi connectivity index (χ1n) is 9.35. The molecule has 1 fully saturated rings. The van der Waals surface area contributed by atoms with Gasteiger partial charge in [-0.25, -0.2) is 0 Å². The molecule has 0 aromatic carbocycles. The summed E-state index contributed by atoms with van der Waals surface area (Å²) in [6.45, 7) is 9.50. The highest BCUT2D eigenvalue weighted by Gasteiger charge is 2.38. The van der Waals surface area contributed by atoms with Gasteiger partial charge in [0, 0.05) is 12.6 Å². The minimum Gasteiger partial charge on any atom is -0.462 e. The third-order valence-corrected chi connectivity index (χ3v) is 5.44. The number of hydrogen-bond donors (Lipinski definition) is 3. The van der Waals surface area contributed by atoms with E-state index < -0.39 is 17.3 Å². The number of carbonyl (C=O) groups is 1. The highest BCUT2D eigenvalue weighted by Crippen LogP contribution is 2.26. The Morgan fingerprint density at radius 3 is 2.40 bits per heavy atom. The molecule has 6 heteroatoms. The summed E-state index contributed by atoms with van der Waals surface area (Å²) in [5, 5.41) is 31.7. The molecule has 6 nitrogen and oxygen atoms in total. The lowest BCUT2D eigenvalue weighted by Gasteiger charge is -2.38. The maximum atomic E-state index is 12.1. The molecule has 1 heterocycles. The van der Waals surface area contributed by atoms with E-state index in [0.29, 0.717) is 25.8 Å². The quantitative estimate of drug-likeness (QED) is 0.569. The maximum Gasteiger partial charge on any atom is 0.308 e. The Morgan fingerprint density at radius 2 is 1.80 bits per heavy atom. The topological polar surface area (TPSA) is 90.2 Å². The molecule has 6 atom stereocenters. The van der Waals surface area contributed by atoms with Gasteiger partial charge in [0.15, 0.2) is 0 Å². The van der Waals surface area contributed by atoms with E-state index in [1.54, 1.807) is 6.92 Å². The molecule has 1 aliphatic rings. The van der Waals surface area contributed by atoms with Crippen LogP contribution < -0.4 is 0 Å². The standard InChI is InChI=1S/C19H37NO5/c1-13-10-18(4,23)9-7-8-14(2)17(22)25-12-19(5,24)16(21)15(3)20(6)11-13/h13-16,21,23-24H,7-12H2,1-6H3/t13-,14+,15+,16+,18+,19?/m0/s1. The van der Waals surface area contributed by atoms with Crippen LogP contribution in [0.4, 0.5) is 0 Å². The van der Waals surface area contributed by atoms with Crippen molar-refractivity contribution in [3.63, 3.8) is 0 Å². The fraction of sp³-hybridized carbons (Fsp3) is 0.947. The monoisotopic (exact) mass is 359 g/mol. The van der Waals surface area contributed by atoms with Gasteiger partial charge in [-0.3, -0.25) is 4.79 Å². The van der Waals surface area contributed by atoms with E-state index in [1.165, 1.54) is 6.92 Å². The molecule has 3 N–H and O–H groups in total. The van der Waals surface area contributed by atoms with E-state index in [1.807, 2.05) is 25.8 Å². The predicted octanol–water partition coefficient (Wildman–Crippen LogP) is 1.56. The fourth-order valence-corrected chi connectivity index (χ4v) is 3.69. The molecular formula is C19H37NO5. The highest BCUT2D eigenvalue weighted by molar-refractivity contribution is 5.71. The van der Waals surface area contributed by atoms with Gasteiger partial charge in [0.05, 0.1) is 11.5 Å². The minimum atomic E-state index is -1.52. The Balaban J connectivity index is 2.95. The Labute approximate surface area is 152 Å². The van der Waals surface area contributed by atoms with Gasteiger partial charge in [0.1, 0.15) is 18.3 Å². The summed E-state index contributed by atoms with van der Waals surface area (Å²) in [6, 6.07) is -0.316. The van der Waals surface area contributed by atoms with Crippen LogP contribution >= 0.6 is 0 Å². The van der Waals surface area contributed by atoms with Crippen LogP contribution in [0.5, 0.6) is 0 Å². The van der Waals surface area contributed by atoms with Gasteiger partial charge >= 0.3 is 5.97 Å². The van der Waals surface area contributed by atoms with Crippen LogP contribution in [0.2, 0.25) is 0 Å². The first kappa shape index (κ1) is 22.4. The van der Waals surface area contributed by atoms with Crippen LogP contribution in [-0.2, 0) is 9.53 Å². The highest BCUT2D eigenvalue weighted by atomic mass is 16.5. The summed E-state index contributed by atoms with van der Waals surface area (Å²) in [7, 11) is 1.89. The molecule has 25 heavy (non-hydrogen) atoms. The average Bonchev–Trinajstić information content (AvgIpc) is 2.49. The van der Waals surface area contributed by atoms with E-state index in [4.69, 9.17) is 4.74 Å². The lowest BCUT2D eigenvalue weighted by atomic mass is 9.87. The first-order valence-corrected chi connectivity index (χ1v) is 9.35. The van der Waals surface area contributed by atoms with Gasteiger partial charge in [0.2, 0.25) is 0 Å². The summed E-state index contributed by atoms with van der Waals surface area (Å²) in [5.41, 5.74) is -2.30. The number of nitrogens with zero attached hydrogens (tertiary/aromatic N) is 1. The molecular weight excluding hydrogens is 322 g/mol. The van der Waals surface area contributed by atoms with Crippen molar-refractivity contribution in [2.75, 3.05) is 20.2 Å². The smallest absolute Gasteiger partial charge is 0.308 e. The molecule has 148 valence electrons. The number of esters is 1. The second-order valence-electron chi connectivity index (χ2n) is 8.69. The predicted molar refractivity (Wildman–Crippen MR) is 97.1 cm³/mol. The minimum absolute atomic E-state index is 0.233. The van der Waals surface area contributed by atoms with E-state index in [9.17, 15) is 20.1 Å². The van der Waals surface area contributed by atoms with Crippen LogP contribution in [0.1, 0.15) is 60.3 Å². The van der Waals surface area contributed by atoms with E-state index in [2.05, 4.69) is 6.92 Å². The Bertz CT molecular complexity index is 438. The Morgan fingerprint density at radius 1 is 1.20 bits per heavy atom. The number of carbonyl (C=O) groups excluding carboxylic acids is 1. The number of rotatable bonds is 0. The summed E-state index contributed by atoms with van der Waals surface area (Å²) in [4.78, 5) is 14.1. The van der Waals surface area contributed by atoms with Crippen molar-refractivity contribution in [1.82, 2.24) is 4.90 Å². The van der Waals surface area contributed by atoms with Gasteiger partial charge in [0.25, 0.3) is 0 Å². The van der Waals surface area contributed by atoms with Gasteiger partial charge in [-0.2, -0.15) is 0 Å². The number of ether oxygens (including phenoxy) is 1. The average molecular weight is 360 g/mol. The van der Waals surface area contributed by atoms with Crippen LogP contribution in [0, 0.1) is 11.8 Å². The van der Waals surface area contributed by atoms with Crippen molar-refractivity contribution in [3.8, 4) is 0 Å². The number of likely N-dealkylation sites (N-methyl/N-ethyl adjacent to an activating group) is 1. The normalized spacial score (nSPS) is 43.8. The van der Waals surface area contributed by atoms with Gasteiger partial charge < -0.3 is 25.0 Å². The van der Waals surface area contributed by atoms with E-state index in [0.717, 1.165) is 6.42 Å². The molecule has 1 saturated heterocycles. The zero-order valence-corrected chi connectivity index (χ0v) is 16.7. The van der Waals surface area contributed by atoms with Crippen LogP contribution in [0.3, 0.4) is 0 Å². The fourth-order valence-electron chi connectivity index (χ4n) is 3.69. The molecule has 1 aliphatic heterocycles. The lowest BCUT2D eigenvalue weighted by molar-refractivity contribution is -0.166. The molecule has 0 aromatic rings. The van der Waals surface area contributed by atoms with Gasteiger partial charge in [-0.15, -0.1) is 0 Å². The summed E-state index contributed by atoms with van der Waals surface area (Å²) in [5.74, 6) is -0.442. The molecule has 0 aliphatic carbocycles. The number of aliphatic hydroxyl groups excluding tert-OH is 1. The van der Waals surface area contributed by atoms with Crippen LogP contribution in [-0.4, -0.2) is 69.7 Å². The van der Waals surface area contributed by atoms with Crippen LogP contribution in [0.15, 0.2) is 0 Å². The van der Waals surface area contributed by atoms with Crippen LogP contribution in [0.25, 0.3) is 0 Å². The number of aliphatic hydroxyl groups is 3. The van der Waals surface area contributed by atoms with Gasteiger partial charge in [-0.1, -0.05) is 13.8 Å². The van der Waals surface area contributed by atoms with Crippen molar-refractivity contribution in [2.45, 2.75) is 83.6 Å². The molecule has 0 bridgehead atoms. The second kappa shape index (κ2) is 8.80. The first-order chi connectivity index (χ1) is 11.4. The van der Waals surface area contributed by atoms with Gasteiger partial charge in [-0.05, 0) is 59.4 Å². The Kier molecular flexibility index (Phi) is 7.87. The zero-order valence-electron chi connectivity index (χ0n) is 16.7. The summed E-state index contributed by atoms with van der Waals surface area (Å²) in [6.07, 6.45) is 1.59. The number of cyclic esters (lactones) is 1. The SMILES string of the molecule is C[C@@H]1CN(C)[C@H](C)[C@@H](O)C(C)(O)COC(=O)[C@H](C)CCC[C@@](C)(O)C1. The van der Waals surface area contributed by atoms with E-state index in [-0.39, 0.29) is 30.5 Å². The van der Waals surface area contributed by atoms with Crippen molar-refractivity contribution < 1.29 is 24.9 Å². The molecule has 0 aromatic heterocycles. The molecule has 0 radical (unpaired) electrons. The molecule has 1 unspecified atom stereocenters. The number of hydrogen-bond acceptors (Lipinski definition) is 6. The molecule has 0 saturated carbocycles. The third-order valence-electron chi connectivity index (χ3n) is 5.44. The molecule has 0 spiro atoms. The third kappa shape index (κ3) is 6.85. The summed E-state index contributed by atoms with van der Waals surface area (Å²) >= 11 is 0. The zero-order chi connectivity index (χ0) is 19.4. The van der Waals surface area contributed by atoms with Crippen molar-refractivity contribution in [1.29, 1.82) is 0 Å². The van der Waals surface area contributed by atoms with Crippen molar-refractivity contribution >= 4 is 5.97 Å². The molecule has 0 amide bonds. The van der Waals surface area contributed by atoms with Crippen molar-refractivity contribution in [3.05, 3.63) is 0 Å². The summed E-state index contributed by atoms with van der Waals surface area (Å²) < 4.78 is 5.24. The molecule has 1 rings (SSSR count). The van der Waals surface area contributed by atoms with Crippen molar-refractivity contribution in [2.24, 2.45) is 11.8 Å². The Hall–Kier alpha value is -0.690. The van der Waals surface area contributed by atoms with E-state index >= 15 is 0 Å². The second-order valence-corrected chi connectivity index (χ2v) is 8.69.